The molecule has 0 fully saturated rings. The molecule has 0 saturated heterocycles. The Morgan fingerprint density at radius 3 is 1.60 bits per heavy atom. The molecular weight excluding hydrogens is 677 g/mol. The molecule has 0 aliphatic heterocycles. The van der Waals surface area contributed by atoms with Crippen LogP contribution in [-0.2, 0) is 54.6 Å². The summed E-state index contributed by atoms with van der Waals surface area (Å²) in [5.74, 6) is -0.126. The van der Waals surface area contributed by atoms with Gasteiger partial charge in [-0.05, 0) is 52.5 Å². The summed E-state index contributed by atoms with van der Waals surface area (Å²) in [5, 5.41) is 10.7. The first-order valence-corrected chi connectivity index (χ1v) is 20.5. The van der Waals surface area contributed by atoms with Gasteiger partial charge < -0.3 is 38.0 Å². The maximum atomic E-state index is 13.3. The number of hydrogen-bond acceptors (Lipinski definition) is 8. The summed E-state index contributed by atoms with van der Waals surface area (Å²) in [6.07, 6.45) is -4.19. The molecule has 0 bridgehead atoms. The van der Waals surface area contributed by atoms with Crippen molar-refractivity contribution in [2.24, 2.45) is 0 Å². The van der Waals surface area contributed by atoms with E-state index in [0.717, 1.165) is 16.7 Å². The van der Waals surface area contributed by atoms with Crippen molar-refractivity contribution < 1.29 is 42.7 Å². The van der Waals surface area contributed by atoms with Gasteiger partial charge in [-0.15, -0.1) is 0 Å². The molecule has 0 spiro atoms. The number of aliphatic carboxylic acids is 1. The summed E-state index contributed by atoms with van der Waals surface area (Å²) in [6, 6.07) is 34.6. The minimum absolute atomic E-state index is 0.0355. The molecule has 4 aromatic rings. The lowest BCUT2D eigenvalue weighted by Crippen LogP contribution is -2.56. The fourth-order valence-electron chi connectivity index (χ4n) is 5.38. The Balaban J connectivity index is 1.76. The Hall–Kier alpha value is -4.03. The number of carbonyl (C=O) groups is 1. The molecule has 4 rings (SSSR count). The second-order valence-corrected chi connectivity index (χ2v) is 19.0. The van der Waals surface area contributed by atoms with E-state index in [-0.39, 0.29) is 31.5 Å². The number of carboxylic acid groups (broad SMARTS) is 1. The maximum absolute atomic E-state index is 13.3. The highest BCUT2D eigenvalue weighted by Crippen LogP contribution is 2.39. The Morgan fingerprint density at radius 1 is 0.635 bits per heavy atom. The van der Waals surface area contributed by atoms with Crippen molar-refractivity contribution in [3.05, 3.63) is 131 Å². The molecule has 1 N–H and O–H groups in total. The van der Waals surface area contributed by atoms with Crippen LogP contribution < -0.4 is 9.47 Å². The lowest BCUT2D eigenvalue weighted by molar-refractivity contribution is -0.197. The lowest BCUT2D eigenvalue weighted by atomic mass is 10.0. The average Bonchev–Trinajstić information content (AvgIpc) is 3.13. The fraction of sp³-hybridized carbons (Fsp3) is 0.405. The van der Waals surface area contributed by atoms with Gasteiger partial charge in [0.15, 0.2) is 25.9 Å². The number of carboxylic acids is 1. The van der Waals surface area contributed by atoms with Gasteiger partial charge >= 0.3 is 5.97 Å². The number of benzene rings is 4. The van der Waals surface area contributed by atoms with Gasteiger partial charge in [-0.3, -0.25) is 0 Å². The number of rotatable bonds is 21. The van der Waals surface area contributed by atoms with Crippen LogP contribution >= 0.6 is 0 Å². The lowest BCUT2D eigenvalue weighted by Gasteiger charge is -2.43. The summed E-state index contributed by atoms with van der Waals surface area (Å²) >= 11 is 0. The monoisotopic (exact) mass is 730 g/mol. The molecule has 0 amide bonds. The van der Waals surface area contributed by atoms with Crippen LogP contribution in [0.3, 0.4) is 0 Å². The van der Waals surface area contributed by atoms with Crippen molar-refractivity contribution in [3.63, 3.8) is 0 Å². The molecule has 0 unspecified atom stereocenters. The topological polar surface area (TPSA) is 102 Å². The second-order valence-electron chi connectivity index (χ2n) is 14.2. The van der Waals surface area contributed by atoms with Gasteiger partial charge in [-0.2, -0.15) is 0 Å². The zero-order chi connectivity index (χ0) is 37.6. The summed E-state index contributed by atoms with van der Waals surface area (Å²) in [4.78, 5) is 13.3. The molecule has 0 aromatic heterocycles. The Kier molecular flexibility index (Phi) is 15.4. The first kappa shape index (κ1) is 40.7. The van der Waals surface area contributed by atoms with E-state index in [9.17, 15) is 9.90 Å². The number of ether oxygens (including phenoxy) is 6. The van der Waals surface area contributed by atoms with E-state index in [1.807, 2.05) is 97.1 Å². The van der Waals surface area contributed by atoms with Gasteiger partial charge in [-0.25, -0.2) is 4.79 Å². The Bertz CT molecular complexity index is 1630. The van der Waals surface area contributed by atoms with Crippen molar-refractivity contribution in [3.8, 4) is 11.5 Å². The fourth-order valence-corrected chi connectivity index (χ4v) is 6.70. The SMILES string of the molecule is COc1ccc(CO[C@@H](C(=O)O)[C@@H](OCc2ccccc2)[C@H](OCc2ccccc2)[C@@H](COCc2ccccc2)O[Si](C)(C)C(C)(C)C)cc1OC. The van der Waals surface area contributed by atoms with Crippen LogP contribution in [-0.4, -0.2) is 64.6 Å². The smallest absolute Gasteiger partial charge is 0.335 e. The van der Waals surface area contributed by atoms with E-state index >= 15 is 0 Å². The molecule has 0 heterocycles. The quantitative estimate of drug-likeness (QED) is 0.0847. The van der Waals surface area contributed by atoms with E-state index in [1.165, 1.54) is 0 Å². The maximum Gasteiger partial charge on any atom is 0.335 e. The van der Waals surface area contributed by atoms with Gasteiger partial charge in [-0.1, -0.05) is 118 Å². The summed E-state index contributed by atoms with van der Waals surface area (Å²) in [7, 11) is 0.625. The van der Waals surface area contributed by atoms with Crippen molar-refractivity contribution >= 4 is 14.3 Å². The molecule has 0 aliphatic rings. The minimum atomic E-state index is -2.48. The van der Waals surface area contributed by atoms with E-state index < -0.39 is 38.7 Å². The van der Waals surface area contributed by atoms with E-state index in [2.05, 4.69) is 33.9 Å². The standard InChI is InChI=1S/C42H54O9Si/c1-42(2,3)52(6,7)51-37(30-47-26-31-17-11-8-12-18-31)38(48-27-32-19-13-9-14-20-32)39(49-28-33-21-15-10-16-22-33)40(41(43)44)50-29-34-23-24-35(45-4)36(25-34)46-5/h8-25,37-40H,26-30H2,1-7H3,(H,43,44)/t37-,38-,39+,40-/m1/s1. The molecular formula is C42H54O9Si. The highest BCUT2D eigenvalue weighted by molar-refractivity contribution is 6.74. The largest absolute Gasteiger partial charge is 0.493 e. The Labute approximate surface area is 309 Å². The zero-order valence-corrected chi connectivity index (χ0v) is 32.5. The van der Waals surface area contributed by atoms with E-state index in [1.54, 1.807) is 26.4 Å². The van der Waals surface area contributed by atoms with Crippen molar-refractivity contribution in [1.29, 1.82) is 0 Å². The highest BCUT2D eigenvalue weighted by atomic mass is 28.4. The van der Waals surface area contributed by atoms with Crippen LogP contribution in [0.5, 0.6) is 11.5 Å². The second kappa shape index (κ2) is 19.7. The van der Waals surface area contributed by atoms with E-state index in [4.69, 9.17) is 32.8 Å². The third-order valence-corrected chi connectivity index (χ3v) is 13.8. The van der Waals surface area contributed by atoms with Crippen molar-refractivity contribution in [1.82, 2.24) is 0 Å². The molecule has 9 nitrogen and oxygen atoms in total. The van der Waals surface area contributed by atoms with Gasteiger partial charge in [0.2, 0.25) is 0 Å². The van der Waals surface area contributed by atoms with E-state index in [0.29, 0.717) is 23.7 Å². The molecule has 4 aromatic carbocycles. The number of methoxy groups -OCH3 is 2. The van der Waals surface area contributed by atoms with Crippen LogP contribution in [0.15, 0.2) is 109 Å². The minimum Gasteiger partial charge on any atom is -0.493 e. The first-order valence-electron chi connectivity index (χ1n) is 17.6. The van der Waals surface area contributed by atoms with Crippen LogP contribution in [0, 0.1) is 0 Å². The molecule has 0 saturated carbocycles. The molecule has 280 valence electrons. The van der Waals surface area contributed by atoms with Crippen LogP contribution in [0.25, 0.3) is 0 Å². The normalized spacial score (nSPS) is 14.3. The predicted molar refractivity (Wildman–Crippen MR) is 204 cm³/mol. The molecule has 4 atom stereocenters. The molecule has 52 heavy (non-hydrogen) atoms. The van der Waals surface area contributed by atoms with Crippen molar-refractivity contribution in [2.45, 2.75) is 89.7 Å². The van der Waals surface area contributed by atoms with Gasteiger partial charge in [0, 0.05) is 0 Å². The molecule has 0 radical (unpaired) electrons. The highest BCUT2D eigenvalue weighted by Gasteiger charge is 2.46. The first-order chi connectivity index (χ1) is 24.9. The van der Waals surface area contributed by atoms with Gasteiger partial charge in [0.1, 0.15) is 12.2 Å². The van der Waals surface area contributed by atoms with Crippen LogP contribution in [0.2, 0.25) is 18.1 Å². The van der Waals surface area contributed by atoms with Crippen molar-refractivity contribution in [2.75, 3.05) is 20.8 Å². The summed E-state index contributed by atoms with van der Waals surface area (Å²) in [5.41, 5.74) is 3.51. The predicted octanol–water partition coefficient (Wildman–Crippen LogP) is 8.45. The van der Waals surface area contributed by atoms with Gasteiger partial charge in [0.05, 0.1) is 53.4 Å². The van der Waals surface area contributed by atoms with Crippen LogP contribution in [0.1, 0.15) is 43.0 Å². The summed E-state index contributed by atoms with van der Waals surface area (Å²) in [6.45, 7) is 11.6. The van der Waals surface area contributed by atoms with Gasteiger partial charge in [0.25, 0.3) is 0 Å². The third kappa shape index (κ3) is 12.0. The van der Waals surface area contributed by atoms with Crippen LogP contribution in [0.4, 0.5) is 0 Å². The zero-order valence-electron chi connectivity index (χ0n) is 31.5. The summed E-state index contributed by atoms with van der Waals surface area (Å²) < 4.78 is 44.0. The third-order valence-electron chi connectivity index (χ3n) is 9.33. The number of hydrogen-bond donors (Lipinski definition) is 1. The molecule has 10 heteroatoms. The Morgan fingerprint density at radius 2 is 1.12 bits per heavy atom. The average molecular weight is 731 g/mol. The molecule has 0 aliphatic carbocycles.